The zero-order valence-corrected chi connectivity index (χ0v) is 19.8. The first-order valence-corrected chi connectivity index (χ1v) is 12.2. The largest absolute Gasteiger partial charge is 0.342 e. The molecule has 3 heterocycles. The zero-order valence-electron chi connectivity index (χ0n) is 19.8. The second kappa shape index (κ2) is 9.76. The summed E-state index contributed by atoms with van der Waals surface area (Å²) in [4.78, 5) is 23.9. The van der Waals surface area contributed by atoms with Gasteiger partial charge in [-0.3, -0.25) is 14.8 Å². The summed E-state index contributed by atoms with van der Waals surface area (Å²) < 4.78 is 0. The number of likely N-dealkylation sites (tertiary alicyclic amines) is 1. The number of hydrogen-bond donors (Lipinski definition) is 0. The van der Waals surface area contributed by atoms with Crippen molar-refractivity contribution in [3.8, 4) is 0 Å². The Kier molecular flexibility index (Phi) is 6.39. The smallest absolute Gasteiger partial charge is 0.227 e. The van der Waals surface area contributed by atoms with E-state index in [-0.39, 0.29) is 5.91 Å². The molecular formula is C30H31N3O. The number of aromatic nitrogens is 2. The first-order valence-electron chi connectivity index (χ1n) is 12.2. The first kappa shape index (κ1) is 22.3. The molecule has 0 N–H and O–H groups in total. The van der Waals surface area contributed by atoms with E-state index in [0.29, 0.717) is 12.3 Å². The lowest BCUT2D eigenvalue weighted by Crippen LogP contribution is -2.37. The lowest BCUT2D eigenvalue weighted by Gasteiger charge is -2.30. The maximum atomic E-state index is 12.9. The summed E-state index contributed by atoms with van der Waals surface area (Å²) in [6.07, 6.45) is 20.7. The van der Waals surface area contributed by atoms with E-state index in [2.05, 4.69) is 48.9 Å². The Hall–Kier alpha value is -3.53. The Balaban J connectivity index is 1.48. The highest BCUT2D eigenvalue weighted by Crippen LogP contribution is 2.40. The maximum absolute atomic E-state index is 12.9. The van der Waals surface area contributed by atoms with Crippen LogP contribution in [0, 0.1) is 5.92 Å². The minimum atomic E-state index is 0.191. The number of amides is 1. The highest BCUT2D eigenvalue weighted by atomic mass is 16.2. The van der Waals surface area contributed by atoms with Crippen molar-refractivity contribution in [2.45, 2.75) is 39.0 Å². The normalized spacial score (nSPS) is 19.9. The standard InChI is InChI=1S/C30H31N3O/c1-3-22-18-26-8-7-24-6-4-21(2)5-9-27(24)29(30(26)32-20-22)25-12-16-33(17-13-25)28(34)19-23-10-14-31-15-11-23/h3-6,9-11,14-15,18,20-21H,1,7-8,12-13,16-17,19H2,2H3. The van der Waals surface area contributed by atoms with Crippen molar-refractivity contribution in [3.63, 3.8) is 0 Å². The summed E-state index contributed by atoms with van der Waals surface area (Å²) in [5, 5.41) is 0. The van der Waals surface area contributed by atoms with Gasteiger partial charge in [0.1, 0.15) is 0 Å². The number of allylic oxidation sites excluding steroid dienone is 7. The molecule has 5 rings (SSSR count). The molecule has 1 atom stereocenters. The Morgan fingerprint density at radius 1 is 1.12 bits per heavy atom. The molecule has 2 aliphatic carbocycles. The average molecular weight is 450 g/mol. The summed E-state index contributed by atoms with van der Waals surface area (Å²) >= 11 is 0. The second-order valence-corrected chi connectivity index (χ2v) is 9.39. The molecule has 0 bridgehead atoms. The molecule has 2 aromatic heterocycles. The van der Waals surface area contributed by atoms with E-state index in [4.69, 9.17) is 4.98 Å². The number of rotatable bonds is 3. The molecule has 172 valence electrons. The molecule has 2 aromatic rings. The third-order valence-electron chi connectivity index (χ3n) is 7.08. The van der Waals surface area contributed by atoms with Crippen molar-refractivity contribution in [1.82, 2.24) is 14.9 Å². The number of aryl methyl sites for hydroxylation is 1. The fraction of sp³-hybridized carbons (Fsp3) is 0.300. The van der Waals surface area contributed by atoms with Gasteiger partial charge in [-0.2, -0.15) is 0 Å². The SMILES string of the molecule is C=Cc1cnc2c(c1)CCC1=C(C=CC(C)C=C1)C2=C1CCN(C(=O)Cc2ccncc2)CC1. The Bertz CT molecular complexity index is 1220. The van der Waals surface area contributed by atoms with Crippen LogP contribution in [0.5, 0.6) is 0 Å². The molecule has 1 fully saturated rings. The number of fused-ring (bicyclic) bond motifs is 1. The summed E-state index contributed by atoms with van der Waals surface area (Å²) in [5.41, 5.74) is 9.88. The number of carbonyl (C=O) groups is 1. The van der Waals surface area contributed by atoms with Gasteiger partial charge in [0.25, 0.3) is 0 Å². The van der Waals surface area contributed by atoms with Gasteiger partial charge in [0.15, 0.2) is 0 Å². The fourth-order valence-electron chi connectivity index (χ4n) is 5.11. The molecule has 4 nitrogen and oxygen atoms in total. The number of pyridine rings is 2. The quantitative estimate of drug-likeness (QED) is 0.600. The van der Waals surface area contributed by atoms with Crippen LogP contribution in [0.1, 0.15) is 48.6 Å². The zero-order chi connectivity index (χ0) is 23.5. The van der Waals surface area contributed by atoms with Gasteiger partial charge < -0.3 is 4.90 Å². The van der Waals surface area contributed by atoms with Crippen molar-refractivity contribution in [1.29, 1.82) is 0 Å². The predicted molar refractivity (Wildman–Crippen MR) is 138 cm³/mol. The number of nitrogens with zero attached hydrogens (tertiary/aromatic N) is 3. The first-order chi connectivity index (χ1) is 16.6. The third kappa shape index (κ3) is 4.58. The summed E-state index contributed by atoms with van der Waals surface area (Å²) in [5.74, 6) is 0.609. The van der Waals surface area contributed by atoms with E-state index < -0.39 is 0 Å². The van der Waals surface area contributed by atoms with E-state index in [9.17, 15) is 4.79 Å². The molecule has 0 radical (unpaired) electrons. The third-order valence-corrected chi connectivity index (χ3v) is 7.08. The van der Waals surface area contributed by atoms with E-state index in [1.165, 1.54) is 27.9 Å². The van der Waals surface area contributed by atoms with Crippen molar-refractivity contribution >= 4 is 17.6 Å². The minimum absolute atomic E-state index is 0.191. The van der Waals surface area contributed by atoms with Crippen LogP contribution in [-0.2, 0) is 17.6 Å². The molecule has 0 spiro atoms. The van der Waals surface area contributed by atoms with E-state index in [1.54, 1.807) is 12.4 Å². The van der Waals surface area contributed by atoms with Crippen molar-refractivity contribution in [2.75, 3.05) is 13.1 Å². The van der Waals surface area contributed by atoms with Crippen molar-refractivity contribution < 1.29 is 4.79 Å². The molecule has 1 aliphatic heterocycles. The monoisotopic (exact) mass is 449 g/mol. The van der Waals surface area contributed by atoms with Gasteiger partial charge in [0, 0.05) is 37.3 Å². The molecule has 4 heteroatoms. The van der Waals surface area contributed by atoms with Crippen LogP contribution in [0.3, 0.4) is 0 Å². The molecule has 0 aromatic carbocycles. The van der Waals surface area contributed by atoms with Gasteiger partial charge in [0.05, 0.1) is 12.1 Å². The van der Waals surface area contributed by atoms with Gasteiger partial charge in [-0.1, -0.05) is 49.5 Å². The predicted octanol–water partition coefficient (Wildman–Crippen LogP) is 5.74. The molecule has 3 aliphatic rings. The molecule has 34 heavy (non-hydrogen) atoms. The molecule has 0 saturated carbocycles. The van der Waals surface area contributed by atoms with Crippen LogP contribution in [0.15, 0.2) is 84.4 Å². The second-order valence-electron chi connectivity index (χ2n) is 9.39. The molecule has 1 unspecified atom stereocenters. The van der Waals surface area contributed by atoms with Gasteiger partial charge in [-0.15, -0.1) is 0 Å². The topological polar surface area (TPSA) is 46.1 Å². The molecule has 1 saturated heterocycles. The summed E-state index contributed by atoms with van der Waals surface area (Å²) in [6, 6.07) is 6.08. The van der Waals surface area contributed by atoms with Gasteiger partial charge in [-0.25, -0.2) is 0 Å². The summed E-state index contributed by atoms with van der Waals surface area (Å²) in [7, 11) is 0. The van der Waals surface area contributed by atoms with Crippen LogP contribution in [-0.4, -0.2) is 33.9 Å². The molecule has 1 amide bonds. The Morgan fingerprint density at radius 3 is 2.65 bits per heavy atom. The van der Waals surface area contributed by atoms with Crippen LogP contribution in [0.25, 0.3) is 11.6 Å². The van der Waals surface area contributed by atoms with Crippen molar-refractivity contribution in [2.24, 2.45) is 5.92 Å². The summed E-state index contributed by atoms with van der Waals surface area (Å²) in [6.45, 7) is 7.66. The van der Waals surface area contributed by atoms with Crippen molar-refractivity contribution in [3.05, 3.63) is 107 Å². The van der Waals surface area contributed by atoms with Gasteiger partial charge in [-0.05, 0) is 77.6 Å². The van der Waals surface area contributed by atoms with Crippen LogP contribution in [0.2, 0.25) is 0 Å². The van der Waals surface area contributed by atoms with E-state index >= 15 is 0 Å². The highest BCUT2D eigenvalue weighted by molar-refractivity contribution is 5.87. The average Bonchev–Trinajstić information content (AvgIpc) is 3.15. The highest BCUT2D eigenvalue weighted by Gasteiger charge is 2.27. The van der Waals surface area contributed by atoms with Crippen LogP contribution in [0.4, 0.5) is 0 Å². The van der Waals surface area contributed by atoms with Gasteiger partial charge >= 0.3 is 0 Å². The van der Waals surface area contributed by atoms with Crippen LogP contribution < -0.4 is 0 Å². The molecular weight excluding hydrogens is 418 g/mol. The lowest BCUT2D eigenvalue weighted by atomic mass is 9.88. The minimum Gasteiger partial charge on any atom is -0.342 e. The van der Waals surface area contributed by atoms with Crippen LogP contribution >= 0.6 is 0 Å². The van der Waals surface area contributed by atoms with Gasteiger partial charge in [0.2, 0.25) is 5.91 Å². The number of hydrogen-bond acceptors (Lipinski definition) is 3. The van der Waals surface area contributed by atoms with E-state index in [0.717, 1.165) is 55.6 Å². The lowest BCUT2D eigenvalue weighted by molar-refractivity contribution is -0.130. The maximum Gasteiger partial charge on any atom is 0.227 e. The van der Waals surface area contributed by atoms with E-state index in [1.807, 2.05) is 29.3 Å². The Morgan fingerprint density at radius 2 is 1.88 bits per heavy atom. The number of carbonyl (C=O) groups excluding carboxylic acids is 1. The number of piperidine rings is 1. The fourth-order valence-corrected chi connectivity index (χ4v) is 5.11. The Labute approximate surface area is 202 Å².